The van der Waals surface area contributed by atoms with Crippen molar-refractivity contribution in [1.29, 1.82) is 0 Å². The van der Waals surface area contributed by atoms with Gasteiger partial charge in [-0.05, 0) is 18.8 Å². The predicted molar refractivity (Wildman–Crippen MR) is 62.7 cm³/mol. The summed E-state index contributed by atoms with van der Waals surface area (Å²) >= 11 is 0. The third kappa shape index (κ3) is 2.53. The normalized spacial score (nSPS) is 24.9. The molecule has 2 aliphatic rings. The molecule has 2 amide bonds. The van der Waals surface area contributed by atoms with Crippen LogP contribution in [0.4, 0.5) is 4.79 Å². The second kappa shape index (κ2) is 4.94. The summed E-state index contributed by atoms with van der Waals surface area (Å²) < 4.78 is 0. The van der Waals surface area contributed by atoms with E-state index in [1.54, 1.807) is 4.90 Å². The maximum atomic E-state index is 12.0. The third-order valence-corrected chi connectivity index (χ3v) is 3.75. The Balaban J connectivity index is 1.77. The molecule has 0 aromatic rings. The van der Waals surface area contributed by atoms with Gasteiger partial charge in [0.25, 0.3) is 0 Å². The van der Waals surface area contributed by atoms with Crippen molar-refractivity contribution in [2.45, 2.75) is 26.2 Å². The summed E-state index contributed by atoms with van der Waals surface area (Å²) in [5.74, 6) is -0.507. The lowest BCUT2D eigenvalue weighted by molar-refractivity contribution is -0.146. The summed E-state index contributed by atoms with van der Waals surface area (Å²) in [5, 5.41) is 8.76. The molecule has 1 N–H and O–H groups in total. The van der Waals surface area contributed by atoms with Gasteiger partial charge in [-0.3, -0.25) is 4.79 Å². The van der Waals surface area contributed by atoms with Gasteiger partial charge in [0, 0.05) is 26.2 Å². The first-order chi connectivity index (χ1) is 8.11. The number of carbonyl (C=O) groups excluding carboxylic acids is 1. The minimum Gasteiger partial charge on any atom is -0.481 e. The number of amides is 2. The Labute approximate surface area is 101 Å². The summed E-state index contributed by atoms with van der Waals surface area (Å²) in [7, 11) is 0. The van der Waals surface area contributed by atoms with Crippen molar-refractivity contribution in [2.75, 3.05) is 26.2 Å². The molecule has 2 heterocycles. The molecule has 2 aliphatic heterocycles. The second-order valence-electron chi connectivity index (χ2n) is 5.11. The topological polar surface area (TPSA) is 60.9 Å². The Hall–Kier alpha value is -1.26. The Kier molecular flexibility index (Phi) is 3.54. The van der Waals surface area contributed by atoms with E-state index in [9.17, 15) is 9.59 Å². The van der Waals surface area contributed by atoms with E-state index < -0.39 is 5.97 Å². The average molecular weight is 240 g/mol. The molecule has 0 aromatic carbocycles. The highest BCUT2D eigenvalue weighted by molar-refractivity contribution is 5.80. The van der Waals surface area contributed by atoms with Crippen LogP contribution in [-0.4, -0.2) is 53.1 Å². The molecule has 2 rings (SSSR count). The summed E-state index contributed by atoms with van der Waals surface area (Å²) in [6.07, 6.45) is 3.44. The Morgan fingerprint density at radius 2 is 1.94 bits per heavy atom. The molecule has 0 aliphatic carbocycles. The van der Waals surface area contributed by atoms with Gasteiger partial charge in [-0.15, -0.1) is 0 Å². The molecule has 0 radical (unpaired) electrons. The van der Waals surface area contributed by atoms with Crippen molar-refractivity contribution in [3.05, 3.63) is 0 Å². The van der Waals surface area contributed by atoms with Crippen LogP contribution in [0.5, 0.6) is 0 Å². The van der Waals surface area contributed by atoms with Gasteiger partial charge < -0.3 is 14.9 Å². The fourth-order valence-electron chi connectivity index (χ4n) is 2.64. The Morgan fingerprint density at radius 3 is 2.53 bits per heavy atom. The fraction of sp³-hybridized carbons (Fsp3) is 0.833. The first kappa shape index (κ1) is 12.2. The van der Waals surface area contributed by atoms with E-state index in [1.165, 1.54) is 6.42 Å². The standard InChI is InChI=1S/C12H20N2O3/c1-2-3-9-4-5-13(6-9)12(17)14-7-10(8-14)11(15)16/h9-10H,2-8H2,1H3,(H,15,16). The van der Waals surface area contributed by atoms with Gasteiger partial charge in [0.15, 0.2) is 0 Å². The summed E-state index contributed by atoms with van der Waals surface area (Å²) in [5.41, 5.74) is 0. The largest absolute Gasteiger partial charge is 0.481 e. The van der Waals surface area contributed by atoms with Crippen LogP contribution in [0, 0.1) is 11.8 Å². The van der Waals surface area contributed by atoms with Gasteiger partial charge in [0.1, 0.15) is 0 Å². The molecular formula is C12H20N2O3. The van der Waals surface area contributed by atoms with Gasteiger partial charge in [-0.2, -0.15) is 0 Å². The Morgan fingerprint density at radius 1 is 1.24 bits per heavy atom. The number of carbonyl (C=O) groups is 2. The zero-order valence-corrected chi connectivity index (χ0v) is 10.3. The highest BCUT2D eigenvalue weighted by Gasteiger charge is 2.39. The number of aliphatic carboxylic acids is 1. The van der Waals surface area contributed by atoms with Crippen LogP contribution in [0.2, 0.25) is 0 Å². The maximum Gasteiger partial charge on any atom is 0.320 e. The van der Waals surface area contributed by atoms with E-state index in [2.05, 4.69) is 6.92 Å². The molecule has 0 saturated carbocycles. The van der Waals surface area contributed by atoms with Crippen molar-refractivity contribution in [1.82, 2.24) is 9.80 Å². The van der Waals surface area contributed by atoms with Crippen LogP contribution in [0.3, 0.4) is 0 Å². The lowest BCUT2D eigenvalue weighted by atomic mass is 10.0. The minimum absolute atomic E-state index is 0.0288. The van der Waals surface area contributed by atoms with Crippen LogP contribution in [0.15, 0.2) is 0 Å². The van der Waals surface area contributed by atoms with Crippen LogP contribution in [0.1, 0.15) is 26.2 Å². The fourth-order valence-corrected chi connectivity index (χ4v) is 2.64. The molecule has 2 saturated heterocycles. The zero-order chi connectivity index (χ0) is 12.4. The van der Waals surface area contributed by atoms with Crippen molar-refractivity contribution < 1.29 is 14.7 Å². The highest BCUT2D eigenvalue weighted by Crippen LogP contribution is 2.24. The molecule has 5 heteroatoms. The highest BCUT2D eigenvalue weighted by atomic mass is 16.4. The number of hydrogen-bond donors (Lipinski definition) is 1. The number of carboxylic acids is 1. The number of rotatable bonds is 3. The number of urea groups is 1. The quantitative estimate of drug-likeness (QED) is 0.807. The van der Waals surface area contributed by atoms with Gasteiger partial charge >= 0.3 is 12.0 Å². The number of hydrogen-bond acceptors (Lipinski definition) is 2. The van der Waals surface area contributed by atoms with E-state index in [4.69, 9.17) is 5.11 Å². The number of nitrogens with zero attached hydrogens (tertiary/aromatic N) is 2. The molecule has 17 heavy (non-hydrogen) atoms. The van der Waals surface area contributed by atoms with Crippen molar-refractivity contribution in [3.63, 3.8) is 0 Å². The molecule has 96 valence electrons. The van der Waals surface area contributed by atoms with Crippen LogP contribution in [0.25, 0.3) is 0 Å². The average Bonchev–Trinajstić information content (AvgIpc) is 2.63. The lowest BCUT2D eigenvalue weighted by Crippen LogP contribution is -2.56. The van der Waals surface area contributed by atoms with E-state index in [-0.39, 0.29) is 11.9 Å². The molecule has 0 aromatic heterocycles. The molecular weight excluding hydrogens is 220 g/mol. The SMILES string of the molecule is CCCC1CCN(C(=O)N2CC(C(=O)O)C2)C1. The van der Waals surface area contributed by atoms with Crippen molar-refractivity contribution in [3.8, 4) is 0 Å². The molecule has 5 nitrogen and oxygen atoms in total. The van der Waals surface area contributed by atoms with E-state index >= 15 is 0 Å². The maximum absolute atomic E-state index is 12.0. The first-order valence-electron chi connectivity index (χ1n) is 6.38. The second-order valence-corrected chi connectivity index (χ2v) is 5.11. The van der Waals surface area contributed by atoms with Crippen LogP contribution < -0.4 is 0 Å². The van der Waals surface area contributed by atoms with Gasteiger partial charge in [-0.1, -0.05) is 13.3 Å². The van der Waals surface area contributed by atoms with E-state index in [0.29, 0.717) is 19.0 Å². The predicted octanol–water partition coefficient (Wildman–Crippen LogP) is 1.24. The van der Waals surface area contributed by atoms with Crippen molar-refractivity contribution >= 4 is 12.0 Å². The molecule has 2 fully saturated rings. The van der Waals surface area contributed by atoms with Gasteiger partial charge in [0.05, 0.1) is 5.92 Å². The minimum atomic E-state index is -0.792. The summed E-state index contributed by atoms with van der Waals surface area (Å²) in [6, 6.07) is 0.0288. The van der Waals surface area contributed by atoms with Gasteiger partial charge in [-0.25, -0.2) is 4.79 Å². The number of carboxylic acid groups (broad SMARTS) is 1. The zero-order valence-electron chi connectivity index (χ0n) is 10.3. The van der Waals surface area contributed by atoms with Crippen LogP contribution in [-0.2, 0) is 4.79 Å². The molecule has 1 unspecified atom stereocenters. The van der Waals surface area contributed by atoms with E-state index in [1.807, 2.05) is 4.90 Å². The molecule has 1 atom stereocenters. The number of likely N-dealkylation sites (tertiary alicyclic amines) is 2. The Bertz CT molecular complexity index is 313. The monoisotopic (exact) mass is 240 g/mol. The summed E-state index contributed by atoms with van der Waals surface area (Å²) in [4.78, 5) is 26.2. The smallest absolute Gasteiger partial charge is 0.320 e. The van der Waals surface area contributed by atoms with Gasteiger partial charge in [0.2, 0.25) is 0 Å². The first-order valence-corrected chi connectivity index (χ1v) is 6.38. The van der Waals surface area contributed by atoms with E-state index in [0.717, 1.165) is 25.9 Å². The molecule has 0 spiro atoms. The molecule has 0 bridgehead atoms. The third-order valence-electron chi connectivity index (χ3n) is 3.75. The van der Waals surface area contributed by atoms with Crippen molar-refractivity contribution in [2.24, 2.45) is 11.8 Å². The lowest BCUT2D eigenvalue weighted by Gasteiger charge is -2.39. The summed E-state index contributed by atoms with van der Waals surface area (Å²) in [6.45, 7) is 4.60. The van der Waals surface area contributed by atoms with Crippen LogP contribution >= 0.6 is 0 Å².